The minimum Gasteiger partial charge on any atom is -0.505 e. The molecule has 0 fully saturated rings. The molecule has 0 unspecified atom stereocenters. The molecule has 5 heteroatoms. The summed E-state index contributed by atoms with van der Waals surface area (Å²) in [5.74, 6) is -2.46. The smallest absolute Gasteiger partial charge is 0.339 e. The van der Waals surface area contributed by atoms with Gasteiger partial charge in [-0.1, -0.05) is 0 Å². The van der Waals surface area contributed by atoms with Crippen LogP contribution in [-0.4, -0.2) is 18.2 Å². The number of benzene rings is 1. The third-order valence-electron chi connectivity index (χ3n) is 1.61. The zero-order valence-corrected chi connectivity index (χ0v) is 7.24. The summed E-state index contributed by atoms with van der Waals surface area (Å²) >= 11 is 0. The average molecular weight is 195 g/mol. The lowest BCUT2D eigenvalue weighted by atomic mass is 10.1. The Balaban J connectivity index is 3.36. The van der Waals surface area contributed by atoms with E-state index in [9.17, 15) is 9.18 Å². The van der Waals surface area contributed by atoms with Crippen molar-refractivity contribution < 1.29 is 19.0 Å². The quantitative estimate of drug-likeness (QED) is 0.683. The zero-order valence-electron chi connectivity index (χ0n) is 7.24. The summed E-state index contributed by atoms with van der Waals surface area (Å²) in [4.78, 5) is 11.0. The standard InChI is InChI=1S/C9H6FNO3/c1-14-9(13)6-3-7(10)8(12)2-5(6)4-11/h2-3,12H,1H3. The van der Waals surface area contributed by atoms with Gasteiger partial charge in [-0.25, -0.2) is 9.18 Å². The molecular formula is C9H6FNO3. The van der Waals surface area contributed by atoms with E-state index in [1.165, 1.54) is 0 Å². The summed E-state index contributed by atoms with van der Waals surface area (Å²) < 4.78 is 17.2. The highest BCUT2D eigenvalue weighted by Crippen LogP contribution is 2.21. The maximum absolute atomic E-state index is 12.8. The van der Waals surface area contributed by atoms with Crippen LogP contribution in [0.25, 0.3) is 0 Å². The predicted octanol–water partition coefficient (Wildman–Crippen LogP) is 1.19. The maximum atomic E-state index is 12.8. The second-order valence-electron chi connectivity index (χ2n) is 2.45. The van der Waals surface area contributed by atoms with E-state index in [1.807, 2.05) is 0 Å². The van der Waals surface area contributed by atoms with Gasteiger partial charge in [-0.3, -0.25) is 0 Å². The Labute approximate surface area is 79.2 Å². The van der Waals surface area contributed by atoms with Crippen LogP contribution in [0.15, 0.2) is 12.1 Å². The first-order valence-corrected chi connectivity index (χ1v) is 3.61. The number of nitrogens with zero attached hydrogens (tertiary/aromatic N) is 1. The lowest BCUT2D eigenvalue weighted by Gasteiger charge is -2.02. The van der Waals surface area contributed by atoms with Crippen LogP contribution < -0.4 is 0 Å². The van der Waals surface area contributed by atoms with Crippen molar-refractivity contribution in [1.82, 2.24) is 0 Å². The minimum absolute atomic E-state index is 0.129. The van der Waals surface area contributed by atoms with Crippen molar-refractivity contribution in [1.29, 1.82) is 5.26 Å². The molecule has 0 aliphatic carbocycles. The van der Waals surface area contributed by atoms with Gasteiger partial charge in [-0.05, 0) is 6.07 Å². The molecule has 0 atom stereocenters. The summed E-state index contributed by atoms with van der Waals surface area (Å²) in [5, 5.41) is 17.5. The molecule has 0 aromatic heterocycles. The number of halogens is 1. The number of rotatable bonds is 1. The Morgan fingerprint density at radius 2 is 2.29 bits per heavy atom. The van der Waals surface area contributed by atoms with Crippen LogP contribution in [0.5, 0.6) is 5.75 Å². The van der Waals surface area contributed by atoms with Gasteiger partial charge in [0.15, 0.2) is 11.6 Å². The molecule has 0 aliphatic rings. The molecule has 0 saturated heterocycles. The summed E-state index contributed by atoms with van der Waals surface area (Å²) in [7, 11) is 1.12. The van der Waals surface area contributed by atoms with Crippen molar-refractivity contribution in [2.75, 3.05) is 7.11 Å². The molecule has 1 N–H and O–H groups in total. The van der Waals surface area contributed by atoms with Crippen molar-refractivity contribution in [3.63, 3.8) is 0 Å². The minimum atomic E-state index is -0.968. The monoisotopic (exact) mass is 195 g/mol. The number of carbonyl (C=O) groups is 1. The van der Waals surface area contributed by atoms with Gasteiger partial charge in [0.05, 0.1) is 18.2 Å². The summed E-state index contributed by atoms with van der Waals surface area (Å²) in [5.41, 5.74) is -0.332. The first kappa shape index (κ1) is 9.99. The largest absolute Gasteiger partial charge is 0.505 e. The lowest BCUT2D eigenvalue weighted by molar-refractivity contribution is 0.0600. The highest BCUT2D eigenvalue weighted by molar-refractivity contribution is 5.92. The van der Waals surface area contributed by atoms with Crippen LogP contribution in [0.4, 0.5) is 4.39 Å². The average Bonchev–Trinajstić information content (AvgIpc) is 2.20. The van der Waals surface area contributed by atoms with Gasteiger partial charge in [0.2, 0.25) is 0 Å². The Morgan fingerprint density at radius 3 is 2.79 bits per heavy atom. The van der Waals surface area contributed by atoms with E-state index in [0.29, 0.717) is 0 Å². The van der Waals surface area contributed by atoms with Gasteiger partial charge in [0, 0.05) is 6.07 Å². The molecule has 1 aromatic rings. The van der Waals surface area contributed by atoms with Crippen LogP contribution in [0.1, 0.15) is 15.9 Å². The van der Waals surface area contributed by atoms with E-state index in [1.54, 1.807) is 6.07 Å². The first-order chi connectivity index (χ1) is 6.60. The molecule has 72 valence electrons. The lowest BCUT2D eigenvalue weighted by Crippen LogP contribution is -2.04. The van der Waals surface area contributed by atoms with Crippen LogP contribution in [0.3, 0.4) is 0 Å². The van der Waals surface area contributed by atoms with Gasteiger partial charge < -0.3 is 9.84 Å². The maximum Gasteiger partial charge on any atom is 0.339 e. The van der Waals surface area contributed by atoms with Gasteiger partial charge in [0.1, 0.15) is 6.07 Å². The number of ether oxygens (including phenoxy) is 1. The third kappa shape index (κ3) is 1.64. The molecule has 1 aromatic carbocycles. The van der Waals surface area contributed by atoms with Gasteiger partial charge >= 0.3 is 5.97 Å². The second kappa shape index (κ2) is 3.75. The molecular weight excluding hydrogens is 189 g/mol. The zero-order chi connectivity index (χ0) is 10.7. The van der Waals surface area contributed by atoms with Crippen LogP contribution >= 0.6 is 0 Å². The number of methoxy groups -OCH3 is 1. The van der Waals surface area contributed by atoms with Crippen molar-refractivity contribution in [2.24, 2.45) is 0 Å². The van der Waals surface area contributed by atoms with Crippen molar-refractivity contribution in [3.05, 3.63) is 29.1 Å². The van der Waals surface area contributed by atoms with E-state index < -0.39 is 17.5 Å². The van der Waals surface area contributed by atoms with Crippen molar-refractivity contribution >= 4 is 5.97 Å². The molecule has 1 rings (SSSR count). The molecule has 0 bridgehead atoms. The Morgan fingerprint density at radius 1 is 1.64 bits per heavy atom. The Bertz CT molecular complexity index is 423. The van der Waals surface area contributed by atoms with E-state index in [2.05, 4.69) is 4.74 Å². The highest BCUT2D eigenvalue weighted by atomic mass is 19.1. The van der Waals surface area contributed by atoms with E-state index in [-0.39, 0.29) is 11.1 Å². The number of hydrogen-bond donors (Lipinski definition) is 1. The number of carbonyl (C=O) groups excluding carboxylic acids is 1. The SMILES string of the molecule is COC(=O)c1cc(F)c(O)cc1C#N. The number of phenols is 1. The van der Waals surface area contributed by atoms with E-state index >= 15 is 0 Å². The summed E-state index contributed by atoms with van der Waals surface area (Å²) in [6.07, 6.45) is 0. The van der Waals surface area contributed by atoms with Crippen LogP contribution in [0, 0.1) is 17.1 Å². The number of aromatic hydroxyl groups is 1. The van der Waals surface area contributed by atoms with Crippen LogP contribution in [-0.2, 0) is 4.74 Å². The second-order valence-corrected chi connectivity index (χ2v) is 2.45. The fourth-order valence-electron chi connectivity index (χ4n) is 0.933. The molecule has 0 heterocycles. The van der Waals surface area contributed by atoms with Gasteiger partial charge in [0.25, 0.3) is 0 Å². The van der Waals surface area contributed by atoms with E-state index in [0.717, 1.165) is 19.2 Å². The topological polar surface area (TPSA) is 70.3 Å². The van der Waals surface area contributed by atoms with Crippen molar-refractivity contribution in [3.8, 4) is 11.8 Å². The first-order valence-electron chi connectivity index (χ1n) is 3.61. The fraction of sp³-hybridized carbons (Fsp3) is 0.111. The molecule has 0 aliphatic heterocycles. The Hall–Kier alpha value is -2.09. The number of hydrogen-bond acceptors (Lipinski definition) is 4. The fourth-order valence-corrected chi connectivity index (χ4v) is 0.933. The normalized spacial score (nSPS) is 9.21. The number of phenolic OH excluding ortho intramolecular Hbond substituents is 1. The summed E-state index contributed by atoms with van der Waals surface area (Å²) in [6.45, 7) is 0. The number of nitriles is 1. The Kier molecular flexibility index (Phi) is 2.67. The summed E-state index contributed by atoms with van der Waals surface area (Å²) in [6, 6.07) is 3.29. The molecule has 0 spiro atoms. The molecule has 14 heavy (non-hydrogen) atoms. The third-order valence-corrected chi connectivity index (χ3v) is 1.61. The van der Waals surface area contributed by atoms with Crippen LogP contribution in [0.2, 0.25) is 0 Å². The molecule has 0 radical (unpaired) electrons. The molecule has 0 saturated carbocycles. The molecule has 4 nitrogen and oxygen atoms in total. The number of esters is 1. The van der Waals surface area contributed by atoms with Crippen molar-refractivity contribution in [2.45, 2.75) is 0 Å². The van der Waals surface area contributed by atoms with E-state index in [4.69, 9.17) is 10.4 Å². The molecule has 0 amide bonds. The van der Waals surface area contributed by atoms with Gasteiger partial charge in [-0.15, -0.1) is 0 Å². The van der Waals surface area contributed by atoms with Gasteiger partial charge in [-0.2, -0.15) is 5.26 Å². The highest BCUT2D eigenvalue weighted by Gasteiger charge is 2.15. The predicted molar refractivity (Wildman–Crippen MR) is 44.1 cm³/mol.